The van der Waals surface area contributed by atoms with Crippen LogP contribution in [0, 0.1) is 0 Å². The number of aryl methyl sites for hydroxylation is 1. The average molecular weight is 309 g/mol. The molecule has 1 heterocycles. The zero-order chi connectivity index (χ0) is 13.3. The van der Waals surface area contributed by atoms with Crippen molar-refractivity contribution in [1.29, 1.82) is 0 Å². The van der Waals surface area contributed by atoms with Gasteiger partial charge in [-0.1, -0.05) is 34.1 Å². The third-order valence-electron chi connectivity index (χ3n) is 2.52. The maximum atomic E-state index is 11.8. The molecule has 18 heavy (non-hydrogen) atoms. The van der Waals surface area contributed by atoms with Crippen molar-refractivity contribution >= 4 is 21.9 Å². The Morgan fingerprint density at radius 1 is 1.33 bits per heavy atom. The van der Waals surface area contributed by atoms with Gasteiger partial charge in [-0.3, -0.25) is 4.79 Å². The fourth-order valence-electron chi connectivity index (χ4n) is 1.63. The number of benzene rings is 1. The molecular formula is C12H9BrN2O3. The Kier molecular flexibility index (Phi) is 3.29. The van der Waals surface area contributed by atoms with Crippen molar-refractivity contribution in [2.24, 2.45) is 7.05 Å². The number of carboxylic acids is 1. The van der Waals surface area contributed by atoms with Crippen molar-refractivity contribution < 1.29 is 9.90 Å². The standard InChI is InChI=1S/C12H9BrN2O3/c1-15-11(16)10(12(17)18)8(6-14-15)7-4-2-3-5-9(7)13/h2-6H,1H3,(H,17,18). The Balaban J connectivity index is 2.81. The van der Waals surface area contributed by atoms with Crippen molar-refractivity contribution in [1.82, 2.24) is 9.78 Å². The molecule has 0 bridgehead atoms. The third-order valence-corrected chi connectivity index (χ3v) is 3.21. The molecule has 92 valence electrons. The van der Waals surface area contributed by atoms with Crippen LogP contribution in [0.2, 0.25) is 0 Å². The molecular weight excluding hydrogens is 300 g/mol. The molecule has 0 aliphatic rings. The number of aromatic nitrogens is 2. The first-order chi connectivity index (χ1) is 8.52. The van der Waals surface area contributed by atoms with Crippen LogP contribution in [0.4, 0.5) is 0 Å². The van der Waals surface area contributed by atoms with Crippen LogP contribution in [0.5, 0.6) is 0 Å². The number of hydrogen-bond donors (Lipinski definition) is 1. The molecule has 1 aromatic heterocycles. The number of carbonyl (C=O) groups is 1. The van der Waals surface area contributed by atoms with E-state index >= 15 is 0 Å². The minimum atomic E-state index is -1.26. The summed E-state index contributed by atoms with van der Waals surface area (Å²) in [4.78, 5) is 23.0. The first-order valence-electron chi connectivity index (χ1n) is 5.07. The molecule has 0 aliphatic heterocycles. The van der Waals surface area contributed by atoms with E-state index in [1.165, 1.54) is 13.2 Å². The normalized spacial score (nSPS) is 10.3. The summed E-state index contributed by atoms with van der Waals surface area (Å²) in [5, 5.41) is 13.0. The Hall–Kier alpha value is -1.95. The van der Waals surface area contributed by atoms with Gasteiger partial charge in [0.2, 0.25) is 0 Å². The van der Waals surface area contributed by atoms with E-state index in [0.29, 0.717) is 15.6 Å². The van der Waals surface area contributed by atoms with Gasteiger partial charge in [0.05, 0.1) is 6.20 Å². The number of aromatic carboxylic acids is 1. The van der Waals surface area contributed by atoms with Gasteiger partial charge < -0.3 is 5.11 Å². The lowest BCUT2D eigenvalue weighted by Crippen LogP contribution is -2.27. The lowest BCUT2D eigenvalue weighted by atomic mass is 10.0. The number of carboxylic acid groups (broad SMARTS) is 1. The Morgan fingerprint density at radius 2 is 2.00 bits per heavy atom. The van der Waals surface area contributed by atoms with Gasteiger partial charge in [0, 0.05) is 17.1 Å². The van der Waals surface area contributed by atoms with E-state index in [-0.39, 0.29) is 5.56 Å². The highest BCUT2D eigenvalue weighted by molar-refractivity contribution is 9.10. The van der Waals surface area contributed by atoms with Gasteiger partial charge in [-0.15, -0.1) is 0 Å². The van der Waals surface area contributed by atoms with Gasteiger partial charge in [0.1, 0.15) is 5.56 Å². The summed E-state index contributed by atoms with van der Waals surface area (Å²) in [7, 11) is 1.42. The second-order valence-electron chi connectivity index (χ2n) is 3.65. The van der Waals surface area contributed by atoms with E-state index in [1.807, 2.05) is 6.07 Å². The van der Waals surface area contributed by atoms with Crippen LogP contribution in [0.3, 0.4) is 0 Å². The molecule has 5 nitrogen and oxygen atoms in total. The second kappa shape index (κ2) is 4.73. The molecule has 0 saturated carbocycles. The van der Waals surface area contributed by atoms with Crippen LogP contribution in [0.25, 0.3) is 11.1 Å². The average Bonchev–Trinajstić information content (AvgIpc) is 2.33. The highest BCUT2D eigenvalue weighted by Gasteiger charge is 2.19. The lowest BCUT2D eigenvalue weighted by Gasteiger charge is -2.08. The molecule has 2 aromatic rings. The molecule has 0 amide bonds. The van der Waals surface area contributed by atoms with Gasteiger partial charge in [-0.05, 0) is 11.6 Å². The Bertz CT molecular complexity index is 679. The monoisotopic (exact) mass is 308 g/mol. The molecule has 1 aromatic carbocycles. The van der Waals surface area contributed by atoms with Gasteiger partial charge in [0.15, 0.2) is 0 Å². The van der Waals surface area contributed by atoms with Crippen molar-refractivity contribution in [2.45, 2.75) is 0 Å². The lowest BCUT2D eigenvalue weighted by molar-refractivity contribution is 0.0694. The maximum absolute atomic E-state index is 11.8. The van der Waals surface area contributed by atoms with Crippen LogP contribution >= 0.6 is 15.9 Å². The zero-order valence-corrected chi connectivity index (χ0v) is 11.0. The summed E-state index contributed by atoms with van der Waals surface area (Å²) in [6.07, 6.45) is 1.38. The molecule has 0 aliphatic carbocycles. The highest BCUT2D eigenvalue weighted by atomic mass is 79.9. The molecule has 0 atom stereocenters. The maximum Gasteiger partial charge on any atom is 0.342 e. The smallest absolute Gasteiger partial charge is 0.342 e. The van der Waals surface area contributed by atoms with Crippen LogP contribution in [-0.2, 0) is 7.05 Å². The highest BCUT2D eigenvalue weighted by Crippen LogP contribution is 2.28. The molecule has 0 saturated heterocycles. The van der Waals surface area contributed by atoms with E-state index in [2.05, 4.69) is 21.0 Å². The van der Waals surface area contributed by atoms with Gasteiger partial charge in [-0.25, -0.2) is 9.48 Å². The van der Waals surface area contributed by atoms with E-state index in [4.69, 9.17) is 5.11 Å². The molecule has 6 heteroatoms. The van der Waals surface area contributed by atoms with Gasteiger partial charge >= 0.3 is 5.97 Å². The van der Waals surface area contributed by atoms with Crippen LogP contribution in [-0.4, -0.2) is 20.9 Å². The quantitative estimate of drug-likeness (QED) is 0.920. The summed E-state index contributed by atoms with van der Waals surface area (Å²) in [5.41, 5.74) is 0.0216. The van der Waals surface area contributed by atoms with Crippen molar-refractivity contribution in [3.63, 3.8) is 0 Å². The predicted molar refractivity (Wildman–Crippen MR) is 69.6 cm³/mol. The molecule has 2 rings (SSSR count). The SMILES string of the molecule is Cn1ncc(-c2ccccc2Br)c(C(=O)O)c1=O. The Labute approximate surface area is 111 Å². The first kappa shape index (κ1) is 12.5. The number of nitrogens with zero attached hydrogens (tertiary/aromatic N) is 2. The number of hydrogen-bond acceptors (Lipinski definition) is 3. The third kappa shape index (κ3) is 2.06. The molecule has 0 fully saturated rings. The summed E-state index contributed by atoms with van der Waals surface area (Å²) >= 11 is 3.33. The summed E-state index contributed by atoms with van der Waals surface area (Å²) in [6, 6.07) is 7.08. The zero-order valence-electron chi connectivity index (χ0n) is 9.42. The number of halogens is 1. The van der Waals surface area contributed by atoms with Gasteiger partial charge in [-0.2, -0.15) is 5.10 Å². The fourth-order valence-corrected chi connectivity index (χ4v) is 2.13. The summed E-state index contributed by atoms with van der Waals surface area (Å²) < 4.78 is 1.71. The van der Waals surface area contributed by atoms with Gasteiger partial charge in [0.25, 0.3) is 5.56 Å². The van der Waals surface area contributed by atoms with Crippen molar-refractivity contribution in [2.75, 3.05) is 0 Å². The van der Waals surface area contributed by atoms with Crippen LogP contribution in [0.1, 0.15) is 10.4 Å². The van der Waals surface area contributed by atoms with E-state index < -0.39 is 11.5 Å². The topological polar surface area (TPSA) is 72.2 Å². The molecule has 0 unspecified atom stereocenters. The molecule has 1 N–H and O–H groups in total. The molecule has 0 spiro atoms. The first-order valence-corrected chi connectivity index (χ1v) is 5.86. The minimum Gasteiger partial charge on any atom is -0.477 e. The van der Waals surface area contributed by atoms with E-state index in [9.17, 15) is 9.59 Å². The molecule has 0 radical (unpaired) electrons. The summed E-state index contributed by atoms with van der Waals surface area (Å²) in [5.74, 6) is -1.26. The largest absolute Gasteiger partial charge is 0.477 e. The Morgan fingerprint density at radius 3 is 2.61 bits per heavy atom. The number of rotatable bonds is 2. The van der Waals surface area contributed by atoms with Crippen LogP contribution < -0.4 is 5.56 Å². The minimum absolute atomic E-state index is 0.278. The summed E-state index contributed by atoms with van der Waals surface area (Å²) in [6.45, 7) is 0. The van der Waals surface area contributed by atoms with Crippen molar-refractivity contribution in [3.05, 3.63) is 50.9 Å². The van der Waals surface area contributed by atoms with Crippen LogP contribution in [0.15, 0.2) is 39.7 Å². The van der Waals surface area contributed by atoms with E-state index in [0.717, 1.165) is 4.68 Å². The van der Waals surface area contributed by atoms with E-state index in [1.54, 1.807) is 18.2 Å². The van der Waals surface area contributed by atoms with Crippen molar-refractivity contribution in [3.8, 4) is 11.1 Å². The fraction of sp³-hybridized carbons (Fsp3) is 0.0833. The second-order valence-corrected chi connectivity index (χ2v) is 4.50. The predicted octanol–water partition coefficient (Wildman–Crippen LogP) is 1.91.